The molecule has 19 heavy (non-hydrogen) atoms. The number of aromatic nitrogens is 1. The van der Waals surface area contributed by atoms with Crippen LogP contribution in [0.1, 0.15) is 36.1 Å². The van der Waals surface area contributed by atoms with Gasteiger partial charge in [-0.2, -0.15) is 0 Å². The molecule has 1 heterocycles. The Bertz CT molecular complexity index is 564. The normalized spacial score (nSPS) is 10.9. The van der Waals surface area contributed by atoms with Crippen molar-refractivity contribution in [2.75, 3.05) is 0 Å². The number of para-hydroxylation sites is 1. The molecule has 0 aliphatic carbocycles. The monoisotopic (exact) mass is 259 g/mol. The first-order valence-corrected chi connectivity index (χ1v) is 6.73. The Morgan fingerprint density at radius 3 is 1.68 bits per heavy atom. The van der Waals surface area contributed by atoms with E-state index < -0.39 is 0 Å². The molecule has 0 fully saturated rings. The molecule has 0 spiro atoms. The number of hydrogen-bond donors (Lipinski definition) is 2. The van der Waals surface area contributed by atoms with Gasteiger partial charge in [-0.05, 0) is 37.8 Å². The smallest absolute Gasteiger partial charge is 0.201 e. The van der Waals surface area contributed by atoms with Crippen LogP contribution in [0.25, 0.3) is 5.69 Å². The molecular weight excluding hydrogens is 238 g/mol. The van der Waals surface area contributed by atoms with Crippen molar-refractivity contribution in [2.45, 2.75) is 40.5 Å². The van der Waals surface area contributed by atoms with E-state index in [2.05, 4.69) is 13.8 Å². The van der Waals surface area contributed by atoms with Crippen LogP contribution in [-0.2, 0) is 12.8 Å². The topological polar surface area (TPSA) is 45.4 Å². The van der Waals surface area contributed by atoms with Crippen molar-refractivity contribution in [1.29, 1.82) is 0 Å². The van der Waals surface area contributed by atoms with Gasteiger partial charge < -0.3 is 10.2 Å². The molecule has 1 aromatic heterocycles. The van der Waals surface area contributed by atoms with Crippen molar-refractivity contribution < 1.29 is 10.2 Å². The molecule has 2 aromatic rings. The zero-order chi connectivity index (χ0) is 14.2. The van der Waals surface area contributed by atoms with Gasteiger partial charge in [0, 0.05) is 11.1 Å². The molecule has 2 rings (SSSR count). The van der Waals surface area contributed by atoms with E-state index in [0.29, 0.717) is 0 Å². The molecule has 3 heteroatoms. The average Bonchev–Trinajstić information content (AvgIpc) is 2.62. The van der Waals surface area contributed by atoms with E-state index in [9.17, 15) is 10.2 Å². The largest absolute Gasteiger partial charge is 0.494 e. The van der Waals surface area contributed by atoms with Gasteiger partial charge in [-0.15, -0.1) is 0 Å². The summed E-state index contributed by atoms with van der Waals surface area (Å²) in [6.07, 6.45) is 1.72. The van der Waals surface area contributed by atoms with E-state index in [1.165, 1.54) is 0 Å². The van der Waals surface area contributed by atoms with Crippen LogP contribution in [0.15, 0.2) is 18.2 Å². The van der Waals surface area contributed by atoms with Crippen molar-refractivity contribution in [1.82, 2.24) is 4.57 Å². The second-order valence-corrected chi connectivity index (χ2v) is 4.86. The molecule has 3 nitrogen and oxygen atoms in total. The zero-order valence-corrected chi connectivity index (χ0v) is 12.0. The third-order valence-electron chi connectivity index (χ3n) is 3.85. The van der Waals surface area contributed by atoms with Gasteiger partial charge in [-0.25, -0.2) is 0 Å². The van der Waals surface area contributed by atoms with Crippen molar-refractivity contribution in [3.8, 4) is 17.4 Å². The summed E-state index contributed by atoms with van der Waals surface area (Å²) in [4.78, 5) is 0. The second-order valence-electron chi connectivity index (χ2n) is 4.86. The fourth-order valence-corrected chi connectivity index (χ4v) is 2.49. The van der Waals surface area contributed by atoms with E-state index in [0.717, 1.165) is 40.8 Å². The van der Waals surface area contributed by atoms with Crippen LogP contribution in [0.2, 0.25) is 0 Å². The maximum atomic E-state index is 10.3. The van der Waals surface area contributed by atoms with Crippen molar-refractivity contribution >= 4 is 0 Å². The summed E-state index contributed by atoms with van der Waals surface area (Å²) in [5.41, 5.74) is 4.62. The number of hydrogen-bond acceptors (Lipinski definition) is 2. The standard InChI is InChI=1S/C16H21NO2/c1-5-12-8-7-9-13(6-2)14(12)17-15(18)10(3)11(4)16(17)19/h7-9,18-19H,5-6H2,1-4H3. The minimum absolute atomic E-state index is 0.130. The van der Waals surface area contributed by atoms with Gasteiger partial charge in [-0.3, -0.25) is 4.57 Å². The minimum atomic E-state index is 0.130. The third-order valence-corrected chi connectivity index (χ3v) is 3.85. The highest BCUT2D eigenvalue weighted by atomic mass is 16.3. The Morgan fingerprint density at radius 2 is 1.32 bits per heavy atom. The number of nitrogens with zero attached hydrogens (tertiary/aromatic N) is 1. The minimum Gasteiger partial charge on any atom is -0.494 e. The van der Waals surface area contributed by atoms with Crippen molar-refractivity contribution in [3.05, 3.63) is 40.5 Å². The quantitative estimate of drug-likeness (QED) is 0.884. The van der Waals surface area contributed by atoms with Gasteiger partial charge in [-0.1, -0.05) is 32.0 Å². The van der Waals surface area contributed by atoms with Crippen LogP contribution < -0.4 is 0 Å². The summed E-state index contributed by atoms with van der Waals surface area (Å²) in [5.74, 6) is 0.260. The third kappa shape index (κ3) is 1.99. The number of benzene rings is 1. The van der Waals surface area contributed by atoms with E-state index in [1.807, 2.05) is 32.0 Å². The van der Waals surface area contributed by atoms with Gasteiger partial charge in [0.15, 0.2) is 0 Å². The summed E-state index contributed by atoms with van der Waals surface area (Å²) in [7, 11) is 0. The molecule has 0 saturated carbocycles. The molecule has 102 valence electrons. The summed E-state index contributed by atoms with van der Waals surface area (Å²) < 4.78 is 1.57. The summed E-state index contributed by atoms with van der Waals surface area (Å²) in [5, 5.41) is 20.6. The lowest BCUT2D eigenvalue weighted by atomic mass is 10.0. The van der Waals surface area contributed by atoms with Crippen LogP contribution in [-0.4, -0.2) is 14.8 Å². The van der Waals surface area contributed by atoms with Gasteiger partial charge in [0.05, 0.1) is 5.69 Å². The first kappa shape index (κ1) is 13.5. The highest BCUT2D eigenvalue weighted by Gasteiger charge is 2.20. The summed E-state index contributed by atoms with van der Waals surface area (Å²) >= 11 is 0. The van der Waals surface area contributed by atoms with E-state index in [4.69, 9.17) is 0 Å². The van der Waals surface area contributed by atoms with E-state index in [1.54, 1.807) is 4.57 Å². The molecule has 0 saturated heterocycles. The molecule has 0 aliphatic rings. The first-order chi connectivity index (χ1) is 9.02. The Labute approximate surface area is 114 Å². The Kier molecular flexibility index (Phi) is 3.56. The van der Waals surface area contributed by atoms with Gasteiger partial charge in [0.2, 0.25) is 11.8 Å². The highest BCUT2D eigenvalue weighted by Crippen LogP contribution is 2.38. The molecule has 0 unspecified atom stereocenters. The van der Waals surface area contributed by atoms with E-state index >= 15 is 0 Å². The predicted octanol–water partition coefficient (Wildman–Crippen LogP) is 3.63. The Morgan fingerprint density at radius 1 is 0.895 bits per heavy atom. The Balaban J connectivity index is 2.82. The highest BCUT2D eigenvalue weighted by molar-refractivity contribution is 5.57. The van der Waals surface area contributed by atoms with Gasteiger partial charge >= 0.3 is 0 Å². The molecule has 2 N–H and O–H groups in total. The summed E-state index contributed by atoms with van der Waals surface area (Å²) in [6, 6.07) is 6.11. The maximum Gasteiger partial charge on any atom is 0.201 e. The van der Waals surface area contributed by atoms with Crippen molar-refractivity contribution in [2.24, 2.45) is 0 Å². The predicted molar refractivity (Wildman–Crippen MR) is 77.3 cm³/mol. The molecular formula is C16H21NO2. The molecule has 0 bridgehead atoms. The average molecular weight is 259 g/mol. The zero-order valence-electron chi connectivity index (χ0n) is 12.0. The van der Waals surface area contributed by atoms with Gasteiger partial charge in [0.25, 0.3) is 0 Å². The van der Waals surface area contributed by atoms with Crippen LogP contribution in [0.3, 0.4) is 0 Å². The van der Waals surface area contributed by atoms with Gasteiger partial charge in [0.1, 0.15) is 0 Å². The molecule has 0 amide bonds. The number of aromatic hydroxyl groups is 2. The molecule has 0 radical (unpaired) electrons. The lowest BCUT2D eigenvalue weighted by molar-refractivity contribution is 0.399. The SMILES string of the molecule is CCc1cccc(CC)c1-n1c(O)c(C)c(C)c1O. The fraction of sp³-hybridized carbons (Fsp3) is 0.375. The Hall–Kier alpha value is -1.90. The molecule has 0 aliphatic heterocycles. The summed E-state index contributed by atoms with van der Waals surface area (Å²) in [6.45, 7) is 7.80. The second kappa shape index (κ2) is 5.00. The van der Waals surface area contributed by atoms with E-state index in [-0.39, 0.29) is 11.8 Å². The molecule has 1 aromatic carbocycles. The first-order valence-electron chi connectivity index (χ1n) is 6.73. The van der Waals surface area contributed by atoms with Crippen molar-refractivity contribution in [3.63, 3.8) is 0 Å². The lowest BCUT2D eigenvalue weighted by Gasteiger charge is -2.16. The maximum absolute atomic E-state index is 10.3. The van der Waals surface area contributed by atoms with Crippen LogP contribution in [0.5, 0.6) is 11.8 Å². The van der Waals surface area contributed by atoms with Crippen LogP contribution in [0, 0.1) is 13.8 Å². The number of aryl methyl sites for hydroxylation is 2. The number of rotatable bonds is 3. The molecule has 0 atom stereocenters. The van der Waals surface area contributed by atoms with Crippen LogP contribution in [0.4, 0.5) is 0 Å². The lowest BCUT2D eigenvalue weighted by Crippen LogP contribution is -2.03. The fourth-order valence-electron chi connectivity index (χ4n) is 2.49. The van der Waals surface area contributed by atoms with Crippen LogP contribution >= 0.6 is 0 Å².